The fourth-order valence-corrected chi connectivity index (χ4v) is 2.00. The van der Waals surface area contributed by atoms with Crippen molar-refractivity contribution in [2.75, 3.05) is 0 Å². The summed E-state index contributed by atoms with van der Waals surface area (Å²) >= 11 is 0. The highest BCUT2D eigenvalue weighted by Crippen LogP contribution is 2.26. The molecule has 0 aliphatic heterocycles. The summed E-state index contributed by atoms with van der Waals surface area (Å²) in [6.45, 7) is 12.6. The van der Waals surface area contributed by atoms with Crippen molar-refractivity contribution >= 4 is 5.91 Å². The lowest BCUT2D eigenvalue weighted by molar-refractivity contribution is -0.118. The molecule has 0 fully saturated rings. The van der Waals surface area contributed by atoms with Gasteiger partial charge in [-0.2, -0.15) is 0 Å². The average Bonchev–Trinajstić information content (AvgIpc) is 1.98. The second kappa shape index (κ2) is 5.88. The van der Waals surface area contributed by atoms with Gasteiger partial charge in [0, 0.05) is 11.6 Å². The third kappa shape index (κ3) is 8.27. The third-order valence-electron chi connectivity index (χ3n) is 1.99. The van der Waals surface area contributed by atoms with E-state index in [9.17, 15) is 4.79 Å². The molecule has 2 heteroatoms. The molecule has 2 nitrogen and oxygen atoms in total. The van der Waals surface area contributed by atoms with E-state index in [0.29, 0.717) is 0 Å². The Labute approximate surface area is 99.8 Å². The highest BCUT2D eigenvalue weighted by Gasteiger charge is 2.26. The van der Waals surface area contributed by atoms with Crippen LogP contribution < -0.4 is 5.32 Å². The van der Waals surface area contributed by atoms with Crippen LogP contribution in [-0.4, -0.2) is 11.4 Å². The zero-order valence-electron chi connectivity index (χ0n) is 11.4. The molecule has 1 amide bonds. The predicted octanol–water partition coefficient (Wildman–Crippen LogP) is 3.45. The van der Waals surface area contributed by atoms with Crippen LogP contribution in [0.4, 0.5) is 0 Å². The van der Waals surface area contributed by atoms with E-state index in [1.807, 2.05) is 19.1 Å². The van der Waals surface area contributed by atoms with Crippen molar-refractivity contribution in [3.05, 3.63) is 24.3 Å². The predicted molar refractivity (Wildman–Crippen MR) is 70.2 cm³/mol. The molecular formula is C14H25NO. The van der Waals surface area contributed by atoms with E-state index in [1.165, 1.54) is 0 Å². The van der Waals surface area contributed by atoms with Gasteiger partial charge in [0.1, 0.15) is 0 Å². The number of nitrogens with one attached hydrogen (secondary N) is 1. The second-order valence-electron chi connectivity index (χ2n) is 6.00. The van der Waals surface area contributed by atoms with Gasteiger partial charge >= 0.3 is 0 Å². The lowest BCUT2D eigenvalue weighted by Gasteiger charge is -2.32. The van der Waals surface area contributed by atoms with Crippen LogP contribution in [0.15, 0.2) is 24.3 Å². The Morgan fingerprint density at radius 1 is 1.12 bits per heavy atom. The van der Waals surface area contributed by atoms with Gasteiger partial charge in [0.05, 0.1) is 0 Å². The van der Waals surface area contributed by atoms with Crippen molar-refractivity contribution in [2.45, 2.75) is 53.5 Å². The maximum Gasteiger partial charge on any atom is 0.244 e. The SMILES string of the molecule is C/C=C/C=C/C(=O)NC(C)(C)CC(C)(C)C. The number of allylic oxidation sites excluding steroid dienone is 3. The molecule has 0 spiro atoms. The first-order valence-electron chi connectivity index (χ1n) is 5.78. The molecule has 0 bridgehead atoms. The lowest BCUT2D eigenvalue weighted by atomic mass is 9.82. The van der Waals surface area contributed by atoms with Crippen molar-refractivity contribution in [3.63, 3.8) is 0 Å². The number of rotatable bonds is 4. The van der Waals surface area contributed by atoms with E-state index < -0.39 is 0 Å². The molecule has 0 heterocycles. The molecule has 0 aromatic rings. The van der Waals surface area contributed by atoms with Crippen molar-refractivity contribution in [1.82, 2.24) is 5.32 Å². The van der Waals surface area contributed by atoms with E-state index in [-0.39, 0.29) is 16.9 Å². The molecule has 0 aromatic carbocycles. The molecule has 0 unspecified atom stereocenters. The van der Waals surface area contributed by atoms with Gasteiger partial charge in [-0.15, -0.1) is 0 Å². The number of amides is 1. The minimum atomic E-state index is -0.171. The third-order valence-corrected chi connectivity index (χ3v) is 1.99. The largest absolute Gasteiger partial charge is 0.348 e. The highest BCUT2D eigenvalue weighted by atomic mass is 16.1. The summed E-state index contributed by atoms with van der Waals surface area (Å²) in [5.41, 5.74) is 0.0411. The zero-order chi connectivity index (χ0) is 12.8. The molecule has 1 N–H and O–H groups in total. The molecule has 0 aromatic heterocycles. The van der Waals surface area contributed by atoms with Crippen molar-refractivity contribution in [3.8, 4) is 0 Å². The summed E-state index contributed by atoms with van der Waals surface area (Å²) in [5, 5.41) is 3.01. The molecule has 92 valence electrons. The minimum Gasteiger partial charge on any atom is -0.348 e. The molecular weight excluding hydrogens is 198 g/mol. The molecule has 0 rings (SSSR count). The van der Waals surface area contributed by atoms with Crippen LogP contribution in [0.5, 0.6) is 0 Å². The van der Waals surface area contributed by atoms with Gasteiger partial charge in [0.25, 0.3) is 0 Å². The standard InChI is InChI=1S/C14H25NO/c1-7-8-9-10-12(16)15-14(5,6)11-13(2,3)4/h7-10H,11H2,1-6H3,(H,15,16)/b8-7+,10-9+. The Balaban J connectivity index is 4.31. The quantitative estimate of drug-likeness (QED) is 0.574. The molecule has 0 saturated heterocycles. The second-order valence-corrected chi connectivity index (χ2v) is 6.00. The maximum atomic E-state index is 11.6. The molecule has 0 aliphatic rings. The van der Waals surface area contributed by atoms with Crippen molar-refractivity contribution in [1.29, 1.82) is 0 Å². The summed E-state index contributed by atoms with van der Waals surface area (Å²) in [7, 11) is 0. The van der Waals surface area contributed by atoms with E-state index in [2.05, 4.69) is 39.9 Å². The van der Waals surface area contributed by atoms with Gasteiger partial charge in [-0.1, -0.05) is 39.0 Å². The normalized spacial score (nSPS) is 13.6. The van der Waals surface area contributed by atoms with E-state index in [4.69, 9.17) is 0 Å². The molecule has 0 aliphatic carbocycles. The van der Waals surface area contributed by atoms with E-state index >= 15 is 0 Å². The van der Waals surface area contributed by atoms with Crippen LogP contribution in [0.1, 0.15) is 48.0 Å². The van der Waals surface area contributed by atoms with E-state index in [0.717, 1.165) is 6.42 Å². The number of carbonyl (C=O) groups excluding carboxylic acids is 1. The average molecular weight is 223 g/mol. The summed E-state index contributed by atoms with van der Waals surface area (Å²) in [6, 6.07) is 0. The van der Waals surface area contributed by atoms with Gasteiger partial charge in [0.15, 0.2) is 0 Å². The smallest absolute Gasteiger partial charge is 0.244 e. The number of hydrogen-bond acceptors (Lipinski definition) is 1. The van der Waals surface area contributed by atoms with Crippen LogP contribution in [0, 0.1) is 5.41 Å². The van der Waals surface area contributed by atoms with Gasteiger partial charge < -0.3 is 5.32 Å². The van der Waals surface area contributed by atoms with Gasteiger partial charge in [0.2, 0.25) is 5.91 Å². The zero-order valence-corrected chi connectivity index (χ0v) is 11.4. The van der Waals surface area contributed by atoms with Crippen molar-refractivity contribution < 1.29 is 4.79 Å². The Kier molecular flexibility index (Phi) is 5.49. The first-order valence-corrected chi connectivity index (χ1v) is 5.78. The Morgan fingerprint density at radius 2 is 1.69 bits per heavy atom. The van der Waals surface area contributed by atoms with Gasteiger partial charge in [-0.3, -0.25) is 4.79 Å². The van der Waals surface area contributed by atoms with Crippen LogP contribution in [0.2, 0.25) is 0 Å². The van der Waals surface area contributed by atoms with Crippen LogP contribution in [0.25, 0.3) is 0 Å². The first-order chi connectivity index (χ1) is 7.16. The molecule has 0 radical (unpaired) electrons. The molecule has 16 heavy (non-hydrogen) atoms. The first kappa shape index (κ1) is 14.9. The highest BCUT2D eigenvalue weighted by molar-refractivity contribution is 5.88. The Morgan fingerprint density at radius 3 is 2.12 bits per heavy atom. The van der Waals surface area contributed by atoms with Crippen LogP contribution >= 0.6 is 0 Å². The number of carbonyl (C=O) groups is 1. The lowest BCUT2D eigenvalue weighted by Crippen LogP contribution is -2.45. The van der Waals surface area contributed by atoms with Crippen LogP contribution in [0.3, 0.4) is 0 Å². The molecule has 0 atom stereocenters. The van der Waals surface area contributed by atoms with Crippen LogP contribution in [-0.2, 0) is 4.79 Å². The number of hydrogen-bond donors (Lipinski definition) is 1. The van der Waals surface area contributed by atoms with Crippen molar-refractivity contribution in [2.24, 2.45) is 5.41 Å². The van der Waals surface area contributed by atoms with Gasteiger partial charge in [-0.25, -0.2) is 0 Å². The minimum absolute atomic E-state index is 0.0349. The fraction of sp³-hybridized carbons (Fsp3) is 0.643. The molecule has 0 saturated carbocycles. The summed E-state index contributed by atoms with van der Waals surface area (Å²) < 4.78 is 0. The summed E-state index contributed by atoms with van der Waals surface area (Å²) in [4.78, 5) is 11.6. The van der Waals surface area contributed by atoms with Gasteiger partial charge in [-0.05, 0) is 32.6 Å². The topological polar surface area (TPSA) is 29.1 Å². The van der Waals surface area contributed by atoms with E-state index in [1.54, 1.807) is 12.2 Å². The summed E-state index contributed by atoms with van der Waals surface area (Å²) in [5.74, 6) is -0.0349. The Bertz CT molecular complexity index is 280. The maximum absolute atomic E-state index is 11.6. The Hall–Kier alpha value is -1.05. The fourth-order valence-electron chi connectivity index (χ4n) is 2.00. The monoisotopic (exact) mass is 223 g/mol. The summed E-state index contributed by atoms with van der Waals surface area (Å²) in [6.07, 6.45) is 8.00.